The van der Waals surface area contributed by atoms with Crippen molar-refractivity contribution < 1.29 is 14.6 Å². The summed E-state index contributed by atoms with van der Waals surface area (Å²) in [4.78, 5) is 17.5. The van der Waals surface area contributed by atoms with Crippen LogP contribution in [-0.4, -0.2) is 47.7 Å². The second-order valence-electron chi connectivity index (χ2n) is 3.34. The minimum Gasteiger partial charge on any atom is -0.494 e. The fraction of sp³-hybridized carbons (Fsp3) is 0.333. The van der Waals surface area contributed by atoms with Crippen molar-refractivity contribution >= 4 is 5.91 Å². The van der Waals surface area contributed by atoms with Crippen LogP contribution in [0.3, 0.4) is 0 Å². The Labute approximate surface area is 100 Å². The topological polar surface area (TPSA) is 62.7 Å². The van der Waals surface area contributed by atoms with Gasteiger partial charge in [0.1, 0.15) is 5.75 Å². The zero-order valence-electron chi connectivity index (χ0n) is 9.80. The lowest BCUT2D eigenvalue weighted by atomic mass is 10.2. The summed E-state index contributed by atoms with van der Waals surface area (Å²) in [7, 11) is 1.48. The summed E-state index contributed by atoms with van der Waals surface area (Å²) in [6, 6.07) is 1.59. The summed E-state index contributed by atoms with van der Waals surface area (Å²) in [5.74, 6) is 0.211. The number of aliphatic hydroxyl groups excluding tert-OH is 1. The standard InChI is InChI=1S/C12H16N2O3/c1-3-6-14(7-8-15)12(16)10-4-5-13-9-11(10)17-2/h3-5,9,15H,1,6-8H2,2H3. The van der Waals surface area contributed by atoms with Gasteiger partial charge in [-0.1, -0.05) is 6.08 Å². The van der Waals surface area contributed by atoms with E-state index in [1.165, 1.54) is 24.4 Å². The second-order valence-corrected chi connectivity index (χ2v) is 3.34. The number of carbonyl (C=O) groups is 1. The van der Waals surface area contributed by atoms with Gasteiger partial charge in [0.05, 0.1) is 25.5 Å². The number of ether oxygens (including phenoxy) is 1. The molecule has 5 nitrogen and oxygen atoms in total. The zero-order chi connectivity index (χ0) is 12.7. The molecule has 0 aromatic carbocycles. The zero-order valence-corrected chi connectivity index (χ0v) is 9.80. The largest absolute Gasteiger partial charge is 0.494 e. The maximum atomic E-state index is 12.2. The van der Waals surface area contributed by atoms with E-state index >= 15 is 0 Å². The van der Waals surface area contributed by atoms with Crippen molar-refractivity contribution in [1.29, 1.82) is 0 Å². The van der Waals surface area contributed by atoms with Crippen LogP contribution in [0.1, 0.15) is 10.4 Å². The lowest BCUT2D eigenvalue weighted by molar-refractivity contribution is 0.0739. The van der Waals surface area contributed by atoms with Crippen LogP contribution in [0, 0.1) is 0 Å². The molecule has 0 saturated heterocycles. The van der Waals surface area contributed by atoms with Crippen molar-refractivity contribution in [3.63, 3.8) is 0 Å². The van der Waals surface area contributed by atoms with Crippen LogP contribution in [0.25, 0.3) is 0 Å². The number of methoxy groups -OCH3 is 1. The molecule has 0 unspecified atom stereocenters. The van der Waals surface area contributed by atoms with E-state index in [1.807, 2.05) is 0 Å². The SMILES string of the molecule is C=CCN(CCO)C(=O)c1ccncc1OC. The molecular weight excluding hydrogens is 220 g/mol. The molecule has 1 heterocycles. The minimum absolute atomic E-state index is 0.0903. The fourth-order valence-corrected chi connectivity index (χ4v) is 1.44. The Bertz CT molecular complexity index is 393. The third-order valence-corrected chi connectivity index (χ3v) is 2.24. The van der Waals surface area contributed by atoms with Crippen LogP contribution >= 0.6 is 0 Å². The molecule has 0 spiro atoms. The van der Waals surface area contributed by atoms with Crippen LogP contribution in [0.15, 0.2) is 31.1 Å². The molecule has 0 radical (unpaired) electrons. The first-order chi connectivity index (χ1) is 8.24. The van der Waals surface area contributed by atoms with E-state index in [2.05, 4.69) is 11.6 Å². The number of rotatable bonds is 6. The van der Waals surface area contributed by atoms with Crippen molar-refractivity contribution in [3.8, 4) is 5.75 Å². The molecular formula is C12H16N2O3. The van der Waals surface area contributed by atoms with Crippen molar-refractivity contribution in [3.05, 3.63) is 36.7 Å². The van der Waals surface area contributed by atoms with Gasteiger partial charge in [-0.15, -0.1) is 6.58 Å². The van der Waals surface area contributed by atoms with E-state index in [0.717, 1.165) is 0 Å². The summed E-state index contributed by atoms with van der Waals surface area (Å²) >= 11 is 0. The number of carbonyl (C=O) groups excluding carboxylic acids is 1. The molecule has 0 fully saturated rings. The van der Waals surface area contributed by atoms with Crippen LogP contribution in [0.2, 0.25) is 0 Å². The summed E-state index contributed by atoms with van der Waals surface area (Å²) in [6.45, 7) is 4.13. The van der Waals surface area contributed by atoms with Crippen molar-refractivity contribution in [2.24, 2.45) is 0 Å². The predicted octanol–water partition coefficient (Wildman–Crippen LogP) is 0.711. The number of nitrogens with zero attached hydrogens (tertiary/aromatic N) is 2. The Kier molecular flexibility index (Phi) is 5.16. The number of hydrogen-bond acceptors (Lipinski definition) is 4. The van der Waals surface area contributed by atoms with Crippen molar-refractivity contribution in [1.82, 2.24) is 9.88 Å². The van der Waals surface area contributed by atoms with Gasteiger partial charge < -0.3 is 14.7 Å². The summed E-state index contributed by atoms with van der Waals surface area (Å²) in [5.41, 5.74) is 0.429. The fourth-order valence-electron chi connectivity index (χ4n) is 1.44. The van der Waals surface area contributed by atoms with E-state index < -0.39 is 0 Å². The molecule has 1 rings (SSSR count). The third-order valence-electron chi connectivity index (χ3n) is 2.24. The maximum absolute atomic E-state index is 12.2. The number of hydrogen-bond donors (Lipinski definition) is 1. The molecule has 5 heteroatoms. The number of pyridine rings is 1. The molecule has 0 aliphatic rings. The van der Waals surface area contributed by atoms with Crippen LogP contribution < -0.4 is 4.74 Å². The summed E-state index contributed by atoms with van der Waals surface area (Å²) in [5, 5.41) is 8.91. The first-order valence-corrected chi connectivity index (χ1v) is 5.23. The summed E-state index contributed by atoms with van der Waals surface area (Å²) in [6.07, 6.45) is 4.63. The van der Waals surface area contributed by atoms with Gasteiger partial charge in [-0.05, 0) is 6.07 Å². The Hall–Kier alpha value is -1.88. The van der Waals surface area contributed by atoms with Gasteiger partial charge in [0.2, 0.25) is 0 Å². The highest BCUT2D eigenvalue weighted by molar-refractivity contribution is 5.96. The third kappa shape index (κ3) is 3.29. The highest BCUT2D eigenvalue weighted by Gasteiger charge is 2.17. The molecule has 0 atom stereocenters. The average Bonchev–Trinajstić information content (AvgIpc) is 2.37. The highest BCUT2D eigenvalue weighted by Crippen LogP contribution is 2.17. The first-order valence-electron chi connectivity index (χ1n) is 5.23. The van der Waals surface area contributed by atoms with E-state index in [9.17, 15) is 4.79 Å². The Balaban J connectivity index is 2.95. The van der Waals surface area contributed by atoms with Gasteiger partial charge in [-0.3, -0.25) is 9.78 Å². The van der Waals surface area contributed by atoms with Gasteiger partial charge in [0.25, 0.3) is 5.91 Å². The first kappa shape index (κ1) is 13.2. The maximum Gasteiger partial charge on any atom is 0.258 e. The molecule has 0 bridgehead atoms. The van der Waals surface area contributed by atoms with E-state index in [1.54, 1.807) is 12.1 Å². The quantitative estimate of drug-likeness (QED) is 0.739. The predicted molar refractivity (Wildman–Crippen MR) is 64.0 cm³/mol. The number of aliphatic hydroxyl groups is 1. The normalized spacial score (nSPS) is 9.76. The Morgan fingerprint density at radius 3 is 3.06 bits per heavy atom. The number of amides is 1. The molecule has 0 aliphatic heterocycles. The van der Waals surface area contributed by atoms with Crippen LogP contribution in [0.4, 0.5) is 0 Å². The van der Waals surface area contributed by atoms with Gasteiger partial charge in [-0.2, -0.15) is 0 Å². The Morgan fingerprint density at radius 1 is 1.71 bits per heavy atom. The molecule has 92 valence electrons. The lowest BCUT2D eigenvalue weighted by Crippen LogP contribution is -2.33. The summed E-state index contributed by atoms with van der Waals surface area (Å²) < 4.78 is 5.07. The van der Waals surface area contributed by atoms with Gasteiger partial charge in [-0.25, -0.2) is 0 Å². The monoisotopic (exact) mass is 236 g/mol. The molecule has 1 amide bonds. The van der Waals surface area contributed by atoms with Crippen molar-refractivity contribution in [2.75, 3.05) is 26.8 Å². The van der Waals surface area contributed by atoms with E-state index in [-0.39, 0.29) is 19.1 Å². The lowest BCUT2D eigenvalue weighted by Gasteiger charge is -2.20. The Morgan fingerprint density at radius 2 is 2.47 bits per heavy atom. The molecule has 1 aromatic heterocycles. The molecule has 17 heavy (non-hydrogen) atoms. The smallest absolute Gasteiger partial charge is 0.258 e. The average molecular weight is 236 g/mol. The molecule has 1 N–H and O–H groups in total. The van der Waals surface area contributed by atoms with Gasteiger partial charge in [0, 0.05) is 19.3 Å². The minimum atomic E-state index is -0.210. The highest BCUT2D eigenvalue weighted by atomic mass is 16.5. The van der Waals surface area contributed by atoms with Crippen molar-refractivity contribution in [2.45, 2.75) is 0 Å². The molecule has 0 saturated carbocycles. The molecule has 0 aliphatic carbocycles. The van der Waals surface area contributed by atoms with Crippen LogP contribution in [-0.2, 0) is 0 Å². The van der Waals surface area contributed by atoms with E-state index in [4.69, 9.17) is 9.84 Å². The van der Waals surface area contributed by atoms with Crippen LogP contribution in [0.5, 0.6) is 5.75 Å². The van der Waals surface area contributed by atoms with E-state index in [0.29, 0.717) is 17.9 Å². The molecule has 1 aromatic rings. The second kappa shape index (κ2) is 6.65. The van der Waals surface area contributed by atoms with Gasteiger partial charge in [0.15, 0.2) is 0 Å². The number of aromatic nitrogens is 1. The van der Waals surface area contributed by atoms with Gasteiger partial charge >= 0.3 is 0 Å².